The summed E-state index contributed by atoms with van der Waals surface area (Å²) in [5, 5.41) is 3.74. The highest BCUT2D eigenvalue weighted by molar-refractivity contribution is 4.91. The molecule has 0 radical (unpaired) electrons. The maximum Gasteiger partial charge on any atom is 0.0251 e. The third-order valence-corrected chi connectivity index (χ3v) is 5.07. The van der Waals surface area contributed by atoms with Crippen molar-refractivity contribution in [1.29, 1.82) is 0 Å². The Kier molecular flexibility index (Phi) is 5.50. The van der Waals surface area contributed by atoms with Crippen LogP contribution in [0.1, 0.15) is 59.3 Å². The molecule has 2 fully saturated rings. The quantitative estimate of drug-likeness (QED) is 0.829. The molecular weight excluding hydrogens is 220 g/mol. The van der Waals surface area contributed by atoms with Gasteiger partial charge in [-0.3, -0.25) is 4.90 Å². The smallest absolute Gasteiger partial charge is 0.0251 e. The summed E-state index contributed by atoms with van der Waals surface area (Å²) < 4.78 is 0. The highest BCUT2D eigenvalue weighted by Crippen LogP contribution is 2.30. The van der Waals surface area contributed by atoms with E-state index in [1.54, 1.807) is 0 Å². The molecule has 1 N–H and O–H groups in total. The van der Waals surface area contributed by atoms with Gasteiger partial charge >= 0.3 is 0 Å². The zero-order chi connectivity index (χ0) is 13.0. The standard InChI is InChI=1S/C16H32N2/c1-4-17-15-8-7-14(3)12-16(15)18-10-5-6-13(2)9-11-18/h13-17H,4-12H2,1-3H3. The highest BCUT2D eigenvalue weighted by Gasteiger charge is 2.32. The summed E-state index contributed by atoms with van der Waals surface area (Å²) in [4.78, 5) is 2.81. The van der Waals surface area contributed by atoms with Gasteiger partial charge in [0, 0.05) is 12.1 Å². The van der Waals surface area contributed by atoms with Gasteiger partial charge in [-0.15, -0.1) is 0 Å². The van der Waals surface area contributed by atoms with E-state index in [0.29, 0.717) is 0 Å². The summed E-state index contributed by atoms with van der Waals surface area (Å²) in [5.41, 5.74) is 0. The summed E-state index contributed by atoms with van der Waals surface area (Å²) in [7, 11) is 0. The average Bonchev–Trinajstić information content (AvgIpc) is 2.57. The van der Waals surface area contributed by atoms with E-state index in [2.05, 4.69) is 31.0 Å². The molecule has 4 unspecified atom stereocenters. The fourth-order valence-corrected chi connectivity index (χ4v) is 3.87. The van der Waals surface area contributed by atoms with E-state index in [1.807, 2.05) is 0 Å². The minimum absolute atomic E-state index is 0.750. The van der Waals surface area contributed by atoms with Gasteiger partial charge < -0.3 is 5.32 Å². The molecule has 2 heteroatoms. The van der Waals surface area contributed by atoms with Crippen LogP contribution in [0.5, 0.6) is 0 Å². The van der Waals surface area contributed by atoms with Gasteiger partial charge in [-0.05, 0) is 70.0 Å². The third kappa shape index (κ3) is 3.71. The van der Waals surface area contributed by atoms with E-state index in [4.69, 9.17) is 0 Å². The molecule has 18 heavy (non-hydrogen) atoms. The minimum atomic E-state index is 0.750. The van der Waals surface area contributed by atoms with Gasteiger partial charge in [-0.1, -0.05) is 20.8 Å². The first kappa shape index (κ1) is 14.3. The van der Waals surface area contributed by atoms with Crippen molar-refractivity contribution in [1.82, 2.24) is 10.2 Å². The Hall–Kier alpha value is -0.0800. The second kappa shape index (κ2) is 6.91. The lowest BCUT2D eigenvalue weighted by Crippen LogP contribution is -2.53. The maximum atomic E-state index is 3.74. The van der Waals surface area contributed by atoms with E-state index in [0.717, 1.165) is 30.5 Å². The Labute approximate surface area is 114 Å². The van der Waals surface area contributed by atoms with Crippen molar-refractivity contribution in [2.24, 2.45) is 11.8 Å². The molecule has 2 nitrogen and oxygen atoms in total. The predicted octanol–water partition coefficient (Wildman–Crippen LogP) is 3.28. The number of hydrogen-bond donors (Lipinski definition) is 1. The van der Waals surface area contributed by atoms with Gasteiger partial charge in [0.15, 0.2) is 0 Å². The molecule has 1 heterocycles. The fraction of sp³-hybridized carbons (Fsp3) is 1.00. The summed E-state index contributed by atoms with van der Waals surface area (Å²) in [6.07, 6.45) is 8.45. The van der Waals surface area contributed by atoms with Gasteiger partial charge in [0.25, 0.3) is 0 Å². The van der Waals surface area contributed by atoms with Crippen LogP contribution < -0.4 is 5.32 Å². The highest BCUT2D eigenvalue weighted by atomic mass is 15.2. The van der Waals surface area contributed by atoms with E-state index in [-0.39, 0.29) is 0 Å². The molecule has 2 rings (SSSR count). The Balaban J connectivity index is 1.97. The zero-order valence-corrected chi connectivity index (χ0v) is 12.6. The van der Waals surface area contributed by atoms with Crippen molar-refractivity contribution in [3.8, 4) is 0 Å². The molecule has 0 aromatic heterocycles. The van der Waals surface area contributed by atoms with Crippen molar-refractivity contribution in [2.45, 2.75) is 71.4 Å². The van der Waals surface area contributed by atoms with Crippen molar-refractivity contribution in [3.05, 3.63) is 0 Å². The van der Waals surface area contributed by atoms with Gasteiger partial charge in [0.05, 0.1) is 0 Å². The van der Waals surface area contributed by atoms with E-state index < -0.39 is 0 Å². The molecular formula is C16H32N2. The van der Waals surface area contributed by atoms with Gasteiger partial charge in [-0.25, -0.2) is 0 Å². The minimum Gasteiger partial charge on any atom is -0.313 e. The maximum absolute atomic E-state index is 3.74. The number of nitrogens with zero attached hydrogens (tertiary/aromatic N) is 1. The largest absolute Gasteiger partial charge is 0.313 e. The van der Waals surface area contributed by atoms with Crippen LogP contribution in [-0.2, 0) is 0 Å². The summed E-state index contributed by atoms with van der Waals surface area (Å²) in [6, 6.07) is 1.55. The summed E-state index contributed by atoms with van der Waals surface area (Å²) in [5.74, 6) is 1.86. The Morgan fingerprint density at radius 3 is 2.61 bits per heavy atom. The van der Waals surface area contributed by atoms with E-state index in [1.165, 1.54) is 51.6 Å². The lowest BCUT2D eigenvalue weighted by molar-refractivity contribution is 0.104. The van der Waals surface area contributed by atoms with Crippen LogP contribution >= 0.6 is 0 Å². The molecule has 1 saturated carbocycles. The molecule has 0 aromatic rings. The second-order valence-electron chi connectivity index (χ2n) is 6.72. The van der Waals surface area contributed by atoms with Crippen molar-refractivity contribution >= 4 is 0 Å². The van der Waals surface area contributed by atoms with E-state index >= 15 is 0 Å². The molecule has 0 amide bonds. The Morgan fingerprint density at radius 2 is 1.83 bits per heavy atom. The molecule has 1 saturated heterocycles. The molecule has 0 bridgehead atoms. The lowest BCUT2D eigenvalue weighted by Gasteiger charge is -2.42. The monoisotopic (exact) mass is 252 g/mol. The first-order valence-corrected chi connectivity index (χ1v) is 8.18. The third-order valence-electron chi connectivity index (χ3n) is 5.07. The molecule has 0 aromatic carbocycles. The summed E-state index contributed by atoms with van der Waals surface area (Å²) >= 11 is 0. The average molecular weight is 252 g/mol. The number of likely N-dealkylation sites (N-methyl/N-ethyl adjacent to an activating group) is 1. The number of rotatable bonds is 3. The molecule has 4 atom stereocenters. The van der Waals surface area contributed by atoms with Gasteiger partial charge in [0.2, 0.25) is 0 Å². The predicted molar refractivity (Wildman–Crippen MR) is 78.9 cm³/mol. The first-order valence-electron chi connectivity index (χ1n) is 8.18. The Bertz CT molecular complexity index is 241. The van der Waals surface area contributed by atoms with Crippen LogP contribution in [-0.4, -0.2) is 36.6 Å². The molecule has 0 spiro atoms. The molecule has 1 aliphatic carbocycles. The molecule has 1 aliphatic heterocycles. The van der Waals surface area contributed by atoms with Crippen LogP contribution in [0.3, 0.4) is 0 Å². The Morgan fingerprint density at radius 1 is 1.00 bits per heavy atom. The lowest BCUT2D eigenvalue weighted by atomic mass is 9.82. The fourth-order valence-electron chi connectivity index (χ4n) is 3.87. The van der Waals surface area contributed by atoms with Crippen LogP contribution in [0.15, 0.2) is 0 Å². The molecule has 2 aliphatic rings. The van der Waals surface area contributed by atoms with E-state index in [9.17, 15) is 0 Å². The number of hydrogen-bond acceptors (Lipinski definition) is 2. The van der Waals surface area contributed by atoms with Crippen molar-refractivity contribution in [3.63, 3.8) is 0 Å². The SMILES string of the molecule is CCNC1CCC(C)CC1N1CCCC(C)CC1. The van der Waals surface area contributed by atoms with Gasteiger partial charge in [0.1, 0.15) is 0 Å². The van der Waals surface area contributed by atoms with Crippen molar-refractivity contribution in [2.75, 3.05) is 19.6 Å². The number of likely N-dealkylation sites (tertiary alicyclic amines) is 1. The normalized spacial score (nSPS) is 39.5. The second-order valence-corrected chi connectivity index (χ2v) is 6.72. The summed E-state index contributed by atoms with van der Waals surface area (Å²) in [6.45, 7) is 10.9. The van der Waals surface area contributed by atoms with Gasteiger partial charge in [-0.2, -0.15) is 0 Å². The van der Waals surface area contributed by atoms with Crippen LogP contribution in [0, 0.1) is 11.8 Å². The zero-order valence-electron chi connectivity index (χ0n) is 12.6. The number of nitrogens with one attached hydrogen (secondary N) is 1. The van der Waals surface area contributed by atoms with Crippen LogP contribution in [0.2, 0.25) is 0 Å². The van der Waals surface area contributed by atoms with Crippen LogP contribution in [0.25, 0.3) is 0 Å². The topological polar surface area (TPSA) is 15.3 Å². The molecule has 106 valence electrons. The van der Waals surface area contributed by atoms with Crippen LogP contribution in [0.4, 0.5) is 0 Å². The van der Waals surface area contributed by atoms with Crippen molar-refractivity contribution < 1.29 is 0 Å². The first-order chi connectivity index (χ1) is 8.70.